The van der Waals surface area contributed by atoms with E-state index >= 15 is 0 Å². The molecular formula is C22H28N2O2. The Morgan fingerprint density at radius 2 is 1.65 bits per heavy atom. The van der Waals surface area contributed by atoms with Gasteiger partial charge in [-0.05, 0) is 49.6 Å². The maximum atomic E-state index is 5.57. The fourth-order valence-electron chi connectivity index (χ4n) is 4.08. The minimum Gasteiger partial charge on any atom is -0.454 e. The summed E-state index contributed by atoms with van der Waals surface area (Å²) in [5, 5.41) is 0. The number of rotatable bonds is 4. The number of ether oxygens (including phenoxy) is 2. The van der Waals surface area contributed by atoms with Gasteiger partial charge in [0.25, 0.3) is 0 Å². The summed E-state index contributed by atoms with van der Waals surface area (Å²) in [6.07, 6.45) is 1.08. The lowest BCUT2D eigenvalue weighted by Gasteiger charge is -2.45. The van der Waals surface area contributed by atoms with Gasteiger partial charge in [0.1, 0.15) is 0 Å². The Balaban J connectivity index is 1.48. The molecule has 0 amide bonds. The number of aryl methyl sites for hydroxylation is 1. The first-order valence-corrected chi connectivity index (χ1v) is 9.57. The van der Waals surface area contributed by atoms with Crippen molar-refractivity contribution in [3.05, 3.63) is 53.6 Å². The molecule has 2 aliphatic rings. The number of hydrogen-bond donors (Lipinski definition) is 0. The van der Waals surface area contributed by atoms with Crippen LogP contribution in [0, 0.1) is 0 Å². The van der Waals surface area contributed by atoms with Gasteiger partial charge in [-0.25, -0.2) is 0 Å². The van der Waals surface area contributed by atoms with E-state index in [-0.39, 0.29) is 5.54 Å². The summed E-state index contributed by atoms with van der Waals surface area (Å²) in [5.74, 6) is 1.72. The van der Waals surface area contributed by atoms with E-state index in [1.165, 1.54) is 16.8 Å². The van der Waals surface area contributed by atoms with Crippen LogP contribution in [0.15, 0.2) is 42.5 Å². The lowest BCUT2D eigenvalue weighted by atomic mass is 9.91. The third kappa shape index (κ3) is 3.03. The second kappa shape index (κ2) is 6.84. The van der Waals surface area contributed by atoms with Crippen LogP contribution in [0.5, 0.6) is 11.5 Å². The number of anilines is 1. The van der Waals surface area contributed by atoms with Gasteiger partial charge < -0.3 is 14.4 Å². The van der Waals surface area contributed by atoms with Crippen molar-refractivity contribution in [2.24, 2.45) is 0 Å². The third-order valence-electron chi connectivity index (χ3n) is 5.86. The second-order valence-corrected chi connectivity index (χ2v) is 7.58. The molecule has 4 nitrogen and oxygen atoms in total. The normalized spacial score (nSPS) is 17.6. The number of para-hydroxylation sites is 1. The van der Waals surface area contributed by atoms with Crippen LogP contribution in [-0.4, -0.2) is 37.9 Å². The highest BCUT2D eigenvalue weighted by Crippen LogP contribution is 2.38. The highest BCUT2D eigenvalue weighted by atomic mass is 16.7. The van der Waals surface area contributed by atoms with Crippen molar-refractivity contribution in [3.8, 4) is 11.5 Å². The first-order chi connectivity index (χ1) is 12.6. The van der Waals surface area contributed by atoms with Gasteiger partial charge in [-0.15, -0.1) is 0 Å². The van der Waals surface area contributed by atoms with Crippen molar-refractivity contribution < 1.29 is 9.47 Å². The highest BCUT2D eigenvalue weighted by molar-refractivity contribution is 5.54. The smallest absolute Gasteiger partial charge is 0.231 e. The SMILES string of the molecule is CCc1ccccc1N1CCN(C(C)(C)c2ccc3c(c2)OCO3)CC1. The Labute approximate surface area is 156 Å². The van der Waals surface area contributed by atoms with E-state index < -0.39 is 0 Å². The zero-order valence-corrected chi connectivity index (χ0v) is 16.0. The number of hydrogen-bond acceptors (Lipinski definition) is 4. The van der Waals surface area contributed by atoms with E-state index in [0.717, 1.165) is 44.1 Å². The molecule has 0 atom stereocenters. The van der Waals surface area contributed by atoms with Crippen LogP contribution in [0.2, 0.25) is 0 Å². The van der Waals surface area contributed by atoms with Gasteiger partial charge >= 0.3 is 0 Å². The Morgan fingerprint density at radius 3 is 2.42 bits per heavy atom. The maximum Gasteiger partial charge on any atom is 0.231 e. The molecule has 2 aliphatic heterocycles. The first-order valence-electron chi connectivity index (χ1n) is 9.57. The number of benzene rings is 2. The monoisotopic (exact) mass is 352 g/mol. The molecular weight excluding hydrogens is 324 g/mol. The Hall–Kier alpha value is -2.20. The summed E-state index contributed by atoms with van der Waals surface area (Å²) in [5.41, 5.74) is 4.09. The predicted molar refractivity (Wildman–Crippen MR) is 105 cm³/mol. The molecule has 2 aromatic carbocycles. The molecule has 0 aromatic heterocycles. The van der Waals surface area contributed by atoms with Crippen LogP contribution >= 0.6 is 0 Å². The molecule has 0 unspecified atom stereocenters. The molecule has 0 saturated carbocycles. The van der Waals surface area contributed by atoms with Crippen molar-refractivity contribution in [1.29, 1.82) is 0 Å². The van der Waals surface area contributed by atoms with Crippen molar-refractivity contribution in [2.75, 3.05) is 37.9 Å². The Bertz CT molecular complexity index is 779. The van der Waals surface area contributed by atoms with Crippen LogP contribution in [0.3, 0.4) is 0 Å². The highest BCUT2D eigenvalue weighted by Gasteiger charge is 2.33. The van der Waals surface area contributed by atoms with Crippen LogP contribution in [0.4, 0.5) is 5.69 Å². The van der Waals surface area contributed by atoms with Crippen LogP contribution < -0.4 is 14.4 Å². The molecule has 4 rings (SSSR count). The molecule has 0 N–H and O–H groups in total. The van der Waals surface area contributed by atoms with Crippen molar-refractivity contribution in [3.63, 3.8) is 0 Å². The van der Waals surface area contributed by atoms with E-state index in [1.54, 1.807) is 0 Å². The van der Waals surface area contributed by atoms with Gasteiger partial charge in [0.05, 0.1) is 0 Å². The van der Waals surface area contributed by atoms with Gasteiger partial charge in [-0.1, -0.05) is 31.2 Å². The number of nitrogens with zero attached hydrogens (tertiary/aromatic N) is 2. The van der Waals surface area contributed by atoms with E-state index in [9.17, 15) is 0 Å². The van der Waals surface area contributed by atoms with Gasteiger partial charge in [0.2, 0.25) is 6.79 Å². The summed E-state index contributed by atoms with van der Waals surface area (Å²) >= 11 is 0. The fraction of sp³-hybridized carbons (Fsp3) is 0.455. The molecule has 2 heterocycles. The number of fused-ring (bicyclic) bond motifs is 1. The van der Waals surface area contributed by atoms with Crippen LogP contribution in [0.1, 0.15) is 31.9 Å². The lowest BCUT2D eigenvalue weighted by Crippen LogP contribution is -2.53. The average Bonchev–Trinajstić information content (AvgIpc) is 3.16. The molecule has 26 heavy (non-hydrogen) atoms. The zero-order valence-electron chi connectivity index (χ0n) is 16.0. The molecule has 2 aromatic rings. The van der Waals surface area contributed by atoms with E-state index in [0.29, 0.717) is 6.79 Å². The molecule has 1 saturated heterocycles. The molecule has 0 radical (unpaired) electrons. The molecule has 1 fully saturated rings. The summed E-state index contributed by atoms with van der Waals surface area (Å²) in [6.45, 7) is 11.4. The second-order valence-electron chi connectivity index (χ2n) is 7.58. The predicted octanol–water partition coefficient (Wildman–Crippen LogP) is 4.04. The van der Waals surface area contributed by atoms with E-state index in [2.05, 4.69) is 67.0 Å². The first kappa shape index (κ1) is 17.2. The summed E-state index contributed by atoms with van der Waals surface area (Å²) < 4.78 is 11.0. The maximum absolute atomic E-state index is 5.57. The molecule has 0 bridgehead atoms. The van der Waals surface area contributed by atoms with E-state index in [1.807, 2.05) is 6.07 Å². The van der Waals surface area contributed by atoms with Gasteiger partial charge in [0, 0.05) is 37.4 Å². The Kier molecular flexibility index (Phi) is 4.53. The van der Waals surface area contributed by atoms with Gasteiger partial charge in [0.15, 0.2) is 11.5 Å². The fourth-order valence-corrected chi connectivity index (χ4v) is 4.08. The minimum atomic E-state index is -0.0304. The zero-order chi connectivity index (χ0) is 18.1. The molecule has 0 spiro atoms. The lowest BCUT2D eigenvalue weighted by molar-refractivity contribution is 0.111. The summed E-state index contributed by atoms with van der Waals surface area (Å²) in [7, 11) is 0. The Morgan fingerprint density at radius 1 is 0.923 bits per heavy atom. The average molecular weight is 352 g/mol. The minimum absolute atomic E-state index is 0.0304. The van der Waals surface area contributed by atoms with Crippen LogP contribution in [0.25, 0.3) is 0 Å². The summed E-state index contributed by atoms with van der Waals surface area (Å²) in [4.78, 5) is 5.11. The van der Waals surface area contributed by atoms with E-state index in [4.69, 9.17) is 9.47 Å². The van der Waals surface area contributed by atoms with Crippen molar-refractivity contribution >= 4 is 5.69 Å². The number of piperazine rings is 1. The quantitative estimate of drug-likeness (QED) is 0.829. The standard InChI is InChI=1S/C22H28N2O2/c1-4-17-7-5-6-8-19(17)23-11-13-24(14-12-23)22(2,3)18-9-10-20-21(15-18)26-16-25-20/h5-10,15H,4,11-14,16H2,1-3H3. The topological polar surface area (TPSA) is 24.9 Å². The molecule has 4 heteroatoms. The van der Waals surface area contributed by atoms with Crippen molar-refractivity contribution in [2.45, 2.75) is 32.7 Å². The van der Waals surface area contributed by atoms with Gasteiger partial charge in [-0.3, -0.25) is 4.90 Å². The summed E-state index contributed by atoms with van der Waals surface area (Å²) in [6, 6.07) is 15.1. The molecule has 138 valence electrons. The molecule has 0 aliphatic carbocycles. The van der Waals surface area contributed by atoms with Gasteiger partial charge in [-0.2, -0.15) is 0 Å². The largest absolute Gasteiger partial charge is 0.454 e. The van der Waals surface area contributed by atoms with Crippen molar-refractivity contribution in [1.82, 2.24) is 4.90 Å². The third-order valence-corrected chi connectivity index (χ3v) is 5.86. The van der Waals surface area contributed by atoms with Crippen LogP contribution in [-0.2, 0) is 12.0 Å².